The summed E-state index contributed by atoms with van der Waals surface area (Å²) < 4.78 is 83.6. The fourth-order valence-electron chi connectivity index (χ4n) is 2.22. The third-order valence-electron chi connectivity index (χ3n) is 3.60. The molecule has 13 heteroatoms. The number of carbonyl (C=O) groups is 1. The summed E-state index contributed by atoms with van der Waals surface area (Å²) in [4.78, 5) is 20.4. The summed E-state index contributed by atoms with van der Waals surface area (Å²) in [6.07, 6.45) is -10.8. The molecular weight excluding hydrogens is 458 g/mol. The van der Waals surface area contributed by atoms with Crippen molar-refractivity contribution in [2.24, 2.45) is 5.16 Å². The second-order valence-electron chi connectivity index (χ2n) is 5.71. The van der Waals surface area contributed by atoms with Gasteiger partial charge < -0.3 is 14.4 Å². The zero-order chi connectivity index (χ0) is 23.2. The number of hydroxylamine groups is 1. The lowest BCUT2D eigenvalue weighted by Crippen LogP contribution is -2.27. The van der Waals surface area contributed by atoms with Crippen molar-refractivity contribution in [3.8, 4) is 5.75 Å². The van der Waals surface area contributed by atoms with Crippen molar-refractivity contribution in [2.45, 2.75) is 19.0 Å². The zero-order valence-corrected chi connectivity index (χ0v) is 16.2. The van der Waals surface area contributed by atoms with E-state index in [1.807, 2.05) is 0 Å². The monoisotopic (exact) mass is 470 g/mol. The molecule has 1 N–H and O–H groups in total. The van der Waals surface area contributed by atoms with Crippen LogP contribution in [0.3, 0.4) is 0 Å². The fraction of sp³-hybridized carbons (Fsp3) is 0.222. The molecule has 6 nitrogen and oxygen atoms in total. The minimum absolute atomic E-state index is 0.151. The quantitative estimate of drug-likeness (QED) is 0.344. The summed E-state index contributed by atoms with van der Waals surface area (Å²) in [5.41, 5.74) is -1.83. The van der Waals surface area contributed by atoms with E-state index < -0.39 is 47.5 Å². The molecule has 0 aliphatic rings. The number of benzene rings is 2. The predicted octanol–water partition coefficient (Wildman–Crippen LogP) is 5.49. The number of halogens is 7. The Balaban J connectivity index is 2.29. The number of amides is 1. The third kappa shape index (κ3) is 6.67. The molecule has 0 fully saturated rings. The zero-order valence-electron chi connectivity index (χ0n) is 15.5. The SMILES string of the molecule is COC(=O)NOc1cc(C(=NOCc2ccccc2C(F)(F)F)C(F)(F)F)ccc1Cl. The number of methoxy groups -OCH3 is 1. The standard InChI is InChI=1S/C18H13ClF6N2O4/c1-29-16(28)27-31-14-8-10(6-7-13(14)19)15(18(23,24)25)26-30-9-11-4-2-3-5-12(11)17(20,21)22/h2-8H,9H2,1H3,(H,27,28). The molecule has 31 heavy (non-hydrogen) atoms. The van der Waals surface area contributed by atoms with E-state index in [0.717, 1.165) is 43.5 Å². The number of oxime groups is 1. The van der Waals surface area contributed by atoms with E-state index in [0.29, 0.717) is 0 Å². The van der Waals surface area contributed by atoms with Crippen LogP contribution in [-0.2, 0) is 22.4 Å². The van der Waals surface area contributed by atoms with Crippen LogP contribution in [0.25, 0.3) is 0 Å². The first-order valence-corrected chi connectivity index (χ1v) is 8.54. The molecule has 2 aromatic carbocycles. The Bertz CT molecular complexity index is 963. The van der Waals surface area contributed by atoms with Gasteiger partial charge in [0, 0.05) is 11.1 Å². The molecule has 0 saturated carbocycles. The summed E-state index contributed by atoms with van der Waals surface area (Å²) in [6, 6.07) is 7.01. The smallest absolute Gasteiger partial charge is 0.440 e. The maximum atomic E-state index is 13.4. The average Bonchev–Trinajstić information content (AvgIpc) is 2.69. The largest absolute Gasteiger partial charge is 0.451 e. The highest BCUT2D eigenvalue weighted by Crippen LogP contribution is 2.33. The van der Waals surface area contributed by atoms with Crippen molar-refractivity contribution in [3.63, 3.8) is 0 Å². The lowest BCUT2D eigenvalue weighted by Gasteiger charge is -2.14. The first-order valence-electron chi connectivity index (χ1n) is 8.16. The number of ether oxygens (including phenoxy) is 1. The summed E-state index contributed by atoms with van der Waals surface area (Å²) in [6.45, 7) is -0.865. The van der Waals surface area contributed by atoms with Gasteiger partial charge in [0.25, 0.3) is 0 Å². The van der Waals surface area contributed by atoms with Gasteiger partial charge in [0.15, 0.2) is 11.5 Å². The predicted molar refractivity (Wildman–Crippen MR) is 96.4 cm³/mol. The number of alkyl halides is 6. The first kappa shape index (κ1) is 24.1. The van der Waals surface area contributed by atoms with Crippen molar-refractivity contribution in [1.82, 2.24) is 5.48 Å². The number of hydrogen-bond acceptors (Lipinski definition) is 5. The minimum Gasteiger partial charge on any atom is -0.451 e. The maximum absolute atomic E-state index is 13.4. The van der Waals surface area contributed by atoms with E-state index in [1.54, 1.807) is 5.48 Å². The number of hydrogen-bond donors (Lipinski definition) is 1. The Morgan fingerprint density at radius 2 is 1.77 bits per heavy atom. The van der Waals surface area contributed by atoms with Gasteiger partial charge in [-0.3, -0.25) is 0 Å². The van der Waals surface area contributed by atoms with E-state index in [4.69, 9.17) is 16.4 Å². The first-order chi connectivity index (χ1) is 14.4. The van der Waals surface area contributed by atoms with Gasteiger partial charge in [0.05, 0.1) is 17.7 Å². The molecule has 0 heterocycles. The van der Waals surface area contributed by atoms with E-state index in [1.165, 1.54) is 6.07 Å². The Kier molecular flexibility index (Phi) is 7.60. The van der Waals surface area contributed by atoms with Crippen LogP contribution in [0, 0.1) is 0 Å². The van der Waals surface area contributed by atoms with Gasteiger partial charge in [-0.2, -0.15) is 31.8 Å². The maximum Gasteiger partial charge on any atom is 0.440 e. The van der Waals surface area contributed by atoms with Gasteiger partial charge in [-0.05, 0) is 18.2 Å². The van der Waals surface area contributed by atoms with Gasteiger partial charge in [-0.25, -0.2) is 4.79 Å². The van der Waals surface area contributed by atoms with Crippen LogP contribution in [0.4, 0.5) is 31.1 Å². The topological polar surface area (TPSA) is 69.2 Å². The Labute approximate surface area is 176 Å². The lowest BCUT2D eigenvalue weighted by molar-refractivity contribution is -0.139. The molecule has 0 bridgehead atoms. The normalized spacial score (nSPS) is 12.3. The fourth-order valence-corrected chi connectivity index (χ4v) is 2.38. The molecule has 0 spiro atoms. The summed E-state index contributed by atoms with van der Waals surface area (Å²) in [5, 5.41) is 2.83. The van der Waals surface area contributed by atoms with Gasteiger partial charge in [-0.15, -0.1) is 0 Å². The molecule has 0 atom stereocenters. The van der Waals surface area contributed by atoms with Crippen LogP contribution in [0.1, 0.15) is 16.7 Å². The summed E-state index contributed by atoms with van der Waals surface area (Å²) >= 11 is 5.81. The Hall–Kier alpha value is -3.15. The average molecular weight is 471 g/mol. The van der Waals surface area contributed by atoms with Crippen LogP contribution < -0.4 is 10.3 Å². The molecule has 0 aliphatic heterocycles. The summed E-state index contributed by atoms with van der Waals surface area (Å²) in [7, 11) is 1.03. The highest BCUT2D eigenvalue weighted by Gasteiger charge is 2.38. The molecule has 168 valence electrons. The molecular formula is C18H13ClF6N2O4. The van der Waals surface area contributed by atoms with Gasteiger partial charge in [-0.1, -0.05) is 41.0 Å². The van der Waals surface area contributed by atoms with Crippen LogP contribution in [0.5, 0.6) is 5.75 Å². The van der Waals surface area contributed by atoms with Gasteiger partial charge in [0.1, 0.15) is 6.61 Å². The molecule has 0 aliphatic carbocycles. The molecule has 2 aromatic rings. The Morgan fingerprint density at radius 1 is 1.10 bits per heavy atom. The van der Waals surface area contributed by atoms with Crippen LogP contribution in [-0.4, -0.2) is 25.1 Å². The molecule has 0 unspecified atom stereocenters. The van der Waals surface area contributed by atoms with E-state index >= 15 is 0 Å². The molecule has 0 saturated heterocycles. The van der Waals surface area contributed by atoms with Gasteiger partial charge in [0.2, 0.25) is 0 Å². The molecule has 2 rings (SSSR count). The number of nitrogens with zero attached hydrogens (tertiary/aromatic N) is 1. The Morgan fingerprint density at radius 3 is 2.39 bits per heavy atom. The summed E-state index contributed by atoms with van der Waals surface area (Å²) in [5.74, 6) is -0.371. The number of nitrogens with one attached hydrogen (secondary N) is 1. The highest BCUT2D eigenvalue weighted by atomic mass is 35.5. The van der Waals surface area contributed by atoms with Crippen molar-refractivity contribution in [3.05, 3.63) is 64.2 Å². The molecule has 1 amide bonds. The third-order valence-corrected chi connectivity index (χ3v) is 3.91. The van der Waals surface area contributed by atoms with Gasteiger partial charge >= 0.3 is 18.4 Å². The second kappa shape index (κ2) is 9.77. The van der Waals surface area contributed by atoms with Crippen LogP contribution >= 0.6 is 11.6 Å². The van der Waals surface area contributed by atoms with Crippen molar-refractivity contribution >= 4 is 23.4 Å². The van der Waals surface area contributed by atoms with E-state index in [2.05, 4.69) is 14.7 Å². The van der Waals surface area contributed by atoms with Crippen LogP contribution in [0.15, 0.2) is 47.6 Å². The minimum atomic E-state index is -5.04. The van der Waals surface area contributed by atoms with E-state index in [9.17, 15) is 31.1 Å². The van der Waals surface area contributed by atoms with Crippen molar-refractivity contribution in [2.75, 3.05) is 7.11 Å². The number of rotatable bonds is 6. The van der Waals surface area contributed by atoms with Crippen LogP contribution in [0.2, 0.25) is 5.02 Å². The molecule has 0 radical (unpaired) electrons. The molecule has 0 aromatic heterocycles. The lowest BCUT2D eigenvalue weighted by atomic mass is 10.1. The van der Waals surface area contributed by atoms with Crippen molar-refractivity contribution < 1.29 is 45.5 Å². The van der Waals surface area contributed by atoms with E-state index in [-0.39, 0.29) is 10.8 Å². The highest BCUT2D eigenvalue weighted by molar-refractivity contribution is 6.32. The number of carbonyl (C=O) groups excluding carboxylic acids is 1. The second-order valence-corrected chi connectivity index (χ2v) is 6.11. The van der Waals surface area contributed by atoms with Crippen molar-refractivity contribution in [1.29, 1.82) is 0 Å².